The average Bonchev–Trinajstić information content (AvgIpc) is 2.15. The van der Waals surface area contributed by atoms with E-state index >= 15 is 0 Å². The molecule has 0 aliphatic carbocycles. The molecule has 1 aromatic rings. The molecule has 1 aliphatic heterocycles. The summed E-state index contributed by atoms with van der Waals surface area (Å²) < 4.78 is 10.8. The summed E-state index contributed by atoms with van der Waals surface area (Å²) in [5, 5.41) is 0. The molecule has 84 valence electrons. The molecule has 16 heavy (non-hydrogen) atoms. The van der Waals surface area contributed by atoms with Crippen LogP contribution in [0.5, 0.6) is 5.75 Å². The lowest BCUT2D eigenvalue weighted by Crippen LogP contribution is -2.39. The van der Waals surface area contributed by atoms with E-state index in [1.165, 1.54) is 0 Å². The second-order valence-corrected chi connectivity index (χ2v) is 4.11. The number of hydrogen-bond acceptors (Lipinski definition) is 3. The van der Waals surface area contributed by atoms with Crippen LogP contribution in [0, 0.1) is 0 Å². The normalized spacial score (nSPS) is 17.8. The minimum absolute atomic E-state index is 0.333. The van der Waals surface area contributed by atoms with E-state index in [0.29, 0.717) is 11.3 Å². The zero-order valence-corrected chi connectivity index (χ0v) is 9.61. The topological polar surface area (TPSA) is 35.5 Å². The van der Waals surface area contributed by atoms with E-state index < -0.39 is 5.79 Å². The van der Waals surface area contributed by atoms with Crippen LogP contribution in [0.1, 0.15) is 36.7 Å². The Bertz CT molecular complexity index is 458. The highest BCUT2D eigenvalue weighted by Gasteiger charge is 2.34. The van der Waals surface area contributed by atoms with Crippen molar-refractivity contribution >= 4 is 12.0 Å². The second-order valence-electron chi connectivity index (χ2n) is 4.11. The number of hydrogen-bond donors (Lipinski definition) is 0. The first-order valence-corrected chi connectivity index (χ1v) is 5.21. The SMILES string of the molecule is C/C=C\c1cccc2c1C(=O)OC(C)(C)O2. The Hall–Kier alpha value is -1.77. The number of carbonyl (C=O) groups is 1. The van der Waals surface area contributed by atoms with Crippen LogP contribution < -0.4 is 4.74 Å². The predicted molar refractivity (Wildman–Crippen MR) is 61.3 cm³/mol. The van der Waals surface area contributed by atoms with Gasteiger partial charge in [0.05, 0.1) is 0 Å². The first-order chi connectivity index (χ1) is 7.53. The first-order valence-electron chi connectivity index (χ1n) is 5.21. The summed E-state index contributed by atoms with van der Waals surface area (Å²) in [7, 11) is 0. The lowest BCUT2D eigenvalue weighted by atomic mass is 10.0. The van der Waals surface area contributed by atoms with Crippen molar-refractivity contribution < 1.29 is 14.3 Å². The van der Waals surface area contributed by atoms with Gasteiger partial charge in [-0.25, -0.2) is 4.79 Å². The number of cyclic esters (lactones) is 1. The largest absolute Gasteiger partial charge is 0.452 e. The highest BCUT2D eigenvalue weighted by molar-refractivity contribution is 5.97. The second kappa shape index (κ2) is 3.67. The summed E-state index contributed by atoms with van der Waals surface area (Å²) in [4.78, 5) is 11.9. The van der Waals surface area contributed by atoms with Crippen molar-refractivity contribution in [3.8, 4) is 5.75 Å². The number of esters is 1. The van der Waals surface area contributed by atoms with Crippen LogP contribution in [0.3, 0.4) is 0 Å². The highest BCUT2D eigenvalue weighted by atomic mass is 16.7. The summed E-state index contributed by atoms with van der Waals surface area (Å²) in [5.41, 5.74) is 1.32. The van der Waals surface area contributed by atoms with E-state index in [1.54, 1.807) is 19.9 Å². The van der Waals surface area contributed by atoms with Gasteiger partial charge in [-0.2, -0.15) is 0 Å². The quantitative estimate of drug-likeness (QED) is 0.680. The molecule has 2 rings (SSSR count). The van der Waals surface area contributed by atoms with E-state index in [0.717, 1.165) is 5.56 Å². The maximum absolute atomic E-state index is 11.9. The minimum Gasteiger partial charge on any atom is -0.452 e. The zero-order chi connectivity index (χ0) is 11.8. The molecule has 0 bridgehead atoms. The molecule has 1 heterocycles. The molecule has 3 heteroatoms. The smallest absolute Gasteiger partial charge is 0.345 e. The lowest BCUT2D eigenvalue weighted by Gasteiger charge is -2.32. The maximum atomic E-state index is 11.9. The van der Waals surface area contributed by atoms with Crippen molar-refractivity contribution in [2.24, 2.45) is 0 Å². The summed E-state index contributed by atoms with van der Waals surface area (Å²) in [6, 6.07) is 5.51. The molecule has 0 amide bonds. The van der Waals surface area contributed by atoms with Crippen LogP contribution in [-0.4, -0.2) is 11.8 Å². The molecule has 3 nitrogen and oxygen atoms in total. The zero-order valence-electron chi connectivity index (χ0n) is 9.61. The standard InChI is InChI=1S/C13H14O3/c1-4-6-9-7-5-8-10-11(9)12(14)16-13(2,3)15-10/h4-8H,1-3H3/b6-4-. The number of allylic oxidation sites excluding steroid dienone is 1. The summed E-state index contributed by atoms with van der Waals surface area (Å²) in [6.45, 7) is 5.34. The molecule has 0 atom stereocenters. The van der Waals surface area contributed by atoms with E-state index in [2.05, 4.69) is 0 Å². The fraction of sp³-hybridized carbons (Fsp3) is 0.308. The Morgan fingerprint density at radius 3 is 2.69 bits per heavy atom. The van der Waals surface area contributed by atoms with Crippen molar-refractivity contribution in [2.75, 3.05) is 0 Å². The van der Waals surface area contributed by atoms with Crippen LogP contribution in [0.2, 0.25) is 0 Å². The minimum atomic E-state index is -0.890. The third-order valence-electron chi connectivity index (χ3n) is 2.30. The van der Waals surface area contributed by atoms with Crippen LogP contribution in [0.25, 0.3) is 6.08 Å². The maximum Gasteiger partial charge on any atom is 0.345 e. The Balaban J connectivity index is 2.56. The van der Waals surface area contributed by atoms with Gasteiger partial charge in [-0.15, -0.1) is 0 Å². The Labute approximate surface area is 94.7 Å². The molecule has 1 aromatic carbocycles. The first kappa shape index (κ1) is 10.7. The number of benzene rings is 1. The van der Waals surface area contributed by atoms with Gasteiger partial charge in [-0.1, -0.05) is 24.3 Å². The number of ether oxygens (including phenoxy) is 2. The summed E-state index contributed by atoms with van der Waals surface area (Å²) in [6.07, 6.45) is 3.74. The third kappa shape index (κ3) is 1.81. The Kier molecular flexibility index (Phi) is 2.46. The number of fused-ring (bicyclic) bond motifs is 1. The van der Waals surface area contributed by atoms with E-state index in [1.807, 2.05) is 31.2 Å². The number of rotatable bonds is 1. The van der Waals surface area contributed by atoms with Crippen molar-refractivity contribution in [3.05, 3.63) is 35.4 Å². The molecule has 0 aromatic heterocycles. The molecule has 0 radical (unpaired) electrons. The predicted octanol–water partition coefficient (Wildman–Crippen LogP) is 3.01. The molecular formula is C13H14O3. The average molecular weight is 218 g/mol. The van der Waals surface area contributed by atoms with Crippen molar-refractivity contribution in [1.29, 1.82) is 0 Å². The van der Waals surface area contributed by atoms with Crippen molar-refractivity contribution in [2.45, 2.75) is 26.6 Å². The fourth-order valence-electron chi connectivity index (χ4n) is 1.73. The monoisotopic (exact) mass is 218 g/mol. The molecule has 0 N–H and O–H groups in total. The van der Waals surface area contributed by atoms with Gasteiger partial charge in [-0.05, 0) is 18.6 Å². The number of carbonyl (C=O) groups excluding carboxylic acids is 1. The van der Waals surface area contributed by atoms with Gasteiger partial charge >= 0.3 is 5.97 Å². The van der Waals surface area contributed by atoms with Crippen LogP contribution in [0.4, 0.5) is 0 Å². The van der Waals surface area contributed by atoms with Crippen LogP contribution >= 0.6 is 0 Å². The molecule has 0 saturated carbocycles. The molecule has 0 unspecified atom stereocenters. The summed E-state index contributed by atoms with van der Waals surface area (Å²) in [5.74, 6) is -0.643. The van der Waals surface area contributed by atoms with Crippen molar-refractivity contribution in [1.82, 2.24) is 0 Å². The molecule has 0 spiro atoms. The fourth-order valence-corrected chi connectivity index (χ4v) is 1.73. The molecule has 0 saturated heterocycles. The van der Waals surface area contributed by atoms with Crippen LogP contribution in [0.15, 0.2) is 24.3 Å². The van der Waals surface area contributed by atoms with Gasteiger partial charge in [-0.3, -0.25) is 0 Å². The van der Waals surface area contributed by atoms with Gasteiger partial charge < -0.3 is 9.47 Å². The van der Waals surface area contributed by atoms with E-state index in [4.69, 9.17) is 9.47 Å². The van der Waals surface area contributed by atoms with Gasteiger partial charge in [0.1, 0.15) is 11.3 Å². The molecule has 1 aliphatic rings. The van der Waals surface area contributed by atoms with Gasteiger partial charge in [0, 0.05) is 13.8 Å². The van der Waals surface area contributed by atoms with Gasteiger partial charge in [0.25, 0.3) is 0 Å². The Morgan fingerprint density at radius 1 is 1.25 bits per heavy atom. The third-order valence-corrected chi connectivity index (χ3v) is 2.30. The molecule has 0 fully saturated rings. The van der Waals surface area contributed by atoms with E-state index in [-0.39, 0.29) is 5.97 Å². The molecular weight excluding hydrogens is 204 g/mol. The van der Waals surface area contributed by atoms with Gasteiger partial charge in [0.15, 0.2) is 0 Å². The highest BCUT2D eigenvalue weighted by Crippen LogP contribution is 2.33. The van der Waals surface area contributed by atoms with Crippen molar-refractivity contribution in [3.63, 3.8) is 0 Å². The Morgan fingerprint density at radius 2 is 2.00 bits per heavy atom. The van der Waals surface area contributed by atoms with Crippen LogP contribution in [-0.2, 0) is 4.74 Å². The summed E-state index contributed by atoms with van der Waals surface area (Å²) >= 11 is 0. The van der Waals surface area contributed by atoms with E-state index in [9.17, 15) is 4.79 Å². The van der Waals surface area contributed by atoms with Gasteiger partial charge in [0.2, 0.25) is 5.79 Å². The lowest BCUT2D eigenvalue weighted by molar-refractivity contribution is -0.127.